The molecule has 0 fully saturated rings. The average Bonchev–Trinajstić information content (AvgIpc) is 2.99. The van der Waals surface area contributed by atoms with Gasteiger partial charge >= 0.3 is 0 Å². The van der Waals surface area contributed by atoms with Crippen LogP contribution in [0.4, 0.5) is 0 Å². The number of hydrogen-bond donors (Lipinski definition) is 1. The van der Waals surface area contributed by atoms with Gasteiger partial charge in [0.25, 0.3) is 0 Å². The van der Waals surface area contributed by atoms with Gasteiger partial charge in [-0.3, -0.25) is 0 Å². The van der Waals surface area contributed by atoms with Gasteiger partial charge in [0.15, 0.2) is 0 Å². The van der Waals surface area contributed by atoms with Gasteiger partial charge in [-0.1, -0.05) is 60.2 Å². The summed E-state index contributed by atoms with van der Waals surface area (Å²) >= 11 is 0. The maximum absolute atomic E-state index is 6.37. The Morgan fingerprint density at radius 3 is 2.45 bits per heavy atom. The van der Waals surface area contributed by atoms with Crippen molar-refractivity contribution < 1.29 is 0 Å². The highest BCUT2D eigenvalue weighted by Crippen LogP contribution is 2.16. The van der Waals surface area contributed by atoms with Crippen LogP contribution in [0.1, 0.15) is 28.6 Å². The molecule has 3 heteroatoms. The molecule has 3 rings (SSSR count). The van der Waals surface area contributed by atoms with Crippen LogP contribution in [0.15, 0.2) is 67.0 Å². The Bertz CT molecular complexity index is 714. The standard InChI is InChI=1S/C19H21N3/c1-15-7-9-17(10-8-15)14-22-12-11-21-19(22)18(20)13-16-5-3-2-4-6-16/h2-12,18H,13-14,20H2,1H3/t18-/m0/s1. The van der Waals surface area contributed by atoms with Gasteiger partial charge in [0.2, 0.25) is 0 Å². The van der Waals surface area contributed by atoms with E-state index < -0.39 is 0 Å². The second-order valence-electron chi connectivity index (χ2n) is 5.70. The largest absolute Gasteiger partial charge is 0.329 e. The Morgan fingerprint density at radius 2 is 1.73 bits per heavy atom. The fourth-order valence-corrected chi connectivity index (χ4v) is 2.63. The van der Waals surface area contributed by atoms with Crippen molar-refractivity contribution in [3.05, 3.63) is 89.5 Å². The van der Waals surface area contributed by atoms with E-state index in [9.17, 15) is 0 Å². The summed E-state index contributed by atoms with van der Waals surface area (Å²) in [6, 6.07) is 18.8. The van der Waals surface area contributed by atoms with Crippen molar-refractivity contribution in [3.63, 3.8) is 0 Å². The van der Waals surface area contributed by atoms with Gasteiger partial charge in [-0.2, -0.15) is 0 Å². The predicted molar refractivity (Wildman–Crippen MR) is 89.6 cm³/mol. The molecule has 1 atom stereocenters. The van der Waals surface area contributed by atoms with E-state index >= 15 is 0 Å². The van der Waals surface area contributed by atoms with Crippen LogP contribution in [-0.4, -0.2) is 9.55 Å². The molecule has 112 valence electrons. The summed E-state index contributed by atoms with van der Waals surface area (Å²) in [6.45, 7) is 2.90. The van der Waals surface area contributed by atoms with Crippen LogP contribution in [0, 0.1) is 6.92 Å². The Hall–Kier alpha value is -2.39. The van der Waals surface area contributed by atoms with Gasteiger partial charge in [0, 0.05) is 18.9 Å². The van der Waals surface area contributed by atoms with Crippen molar-refractivity contribution in [2.45, 2.75) is 25.9 Å². The lowest BCUT2D eigenvalue weighted by Crippen LogP contribution is -2.19. The van der Waals surface area contributed by atoms with Crippen molar-refractivity contribution in [3.8, 4) is 0 Å². The zero-order valence-corrected chi connectivity index (χ0v) is 12.8. The molecule has 0 spiro atoms. The van der Waals surface area contributed by atoms with Gasteiger partial charge in [-0.05, 0) is 24.5 Å². The first kappa shape index (κ1) is 14.5. The molecule has 1 aromatic heterocycles. The lowest BCUT2D eigenvalue weighted by molar-refractivity contribution is 0.610. The molecule has 3 aromatic rings. The van der Waals surface area contributed by atoms with Crippen LogP contribution in [0.3, 0.4) is 0 Å². The molecule has 0 unspecified atom stereocenters. The summed E-state index contributed by atoms with van der Waals surface area (Å²) in [7, 11) is 0. The Morgan fingerprint density at radius 1 is 1.00 bits per heavy atom. The third-order valence-corrected chi connectivity index (χ3v) is 3.85. The van der Waals surface area contributed by atoms with Crippen molar-refractivity contribution >= 4 is 0 Å². The molecule has 0 aliphatic carbocycles. The molecular weight excluding hydrogens is 270 g/mol. The van der Waals surface area contributed by atoms with Gasteiger partial charge in [0.1, 0.15) is 5.82 Å². The maximum Gasteiger partial charge on any atom is 0.126 e. The Labute approximate surface area is 131 Å². The van der Waals surface area contributed by atoms with E-state index in [0.717, 1.165) is 18.8 Å². The monoisotopic (exact) mass is 291 g/mol. The summed E-state index contributed by atoms with van der Waals surface area (Å²) in [4.78, 5) is 4.46. The molecule has 0 saturated heterocycles. The number of rotatable bonds is 5. The zero-order chi connectivity index (χ0) is 15.4. The predicted octanol–water partition coefficient (Wildman–Crippen LogP) is 3.48. The van der Waals surface area contributed by atoms with Gasteiger partial charge < -0.3 is 10.3 Å². The van der Waals surface area contributed by atoms with Crippen molar-refractivity contribution in [2.75, 3.05) is 0 Å². The third kappa shape index (κ3) is 3.43. The molecule has 0 radical (unpaired) electrons. The molecule has 0 saturated carbocycles. The van der Waals surface area contributed by atoms with Crippen LogP contribution in [0.2, 0.25) is 0 Å². The highest BCUT2D eigenvalue weighted by atomic mass is 15.1. The molecule has 2 aromatic carbocycles. The molecule has 0 amide bonds. The van der Waals surface area contributed by atoms with Crippen LogP contribution in [0.5, 0.6) is 0 Å². The fraction of sp³-hybridized carbons (Fsp3) is 0.211. The van der Waals surface area contributed by atoms with Crippen molar-refractivity contribution in [2.24, 2.45) is 5.73 Å². The lowest BCUT2D eigenvalue weighted by Gasteiger charge is -2.14. The van der Waals surface area contributed by atoms with Crippen LogP contribution >= 0.6 is 0 Å². The summed E-state index contributed by atoms with van der Waals surface area (Å²) < 4.78 is 2.14. The average molecular weight is 291 g/mol. The lowest BCUT2D eigenvalue weighted by atomic mass is 10.1. The van der Waals surface area contributed by atoms with E-state index in [4.69, 9.17) is 5.73 Å². The minimum Gasteiger partial charge on any atom is -0.329 e. The van der Waals surface area contributed by atoms with Gasteiger partial charge in [-0.15, -0.1) is 0 Å². The van der Waals surface area contributed by atoms with Crippen LogP contribution < -0.4 is 5.73 Å². The number of nitrogens with zero attached hydrogens (tertiary/aromatic N) is 2. The number of benzene rings is 2. The normalized spacial score (nSPS) is 12.3. The summed E-state index contributed by atoms with van der Waals surface area (Å²) in [5.41, 5.74) is 10.1. The smallest absolute Gasteiger partial charge is 0.126 e. The summed E-state index contributed by atoms with van der Waals surface area (Å²) in [5.74, 6) is 0.935. The quantitative estimate of drug-likeness (QED) is 0.782. The minimum atomic E-state index is -0.0946. The van der Waals surface area contributed by atoms with Crippen LogP contribution in [-0.2, 0) is 13.0 Å². The second kappa shape index (κ2) is 6.58. The van der Waals surface area contributed by atoms with E-state index in [1.807, 2.05) is 30.6 Å². The van der Waals surface area contributed by atoms with E-state index in [2.05, 4.69) is 52.9 Å². The third-order valence-electron chi connectivity index (χ3n) is 3.85. The molecular formula is C19H21N3. The topological polar surface area (TPSA) is 43.8 Å². The first-order valence-electron chi connectivity index (χ1n) is 7.58. The first-order chi connectivity index (χ1) is 10.7. The molecule has 22 heavy (non-hydrogen) atoms. The molecule has 2 N–H and O–H groups in total. The van der Waals surface area contributed by atoms with E-state index in [1.54, 1.807) is 0 Å². The second-order valence-corrected chi connectivity index (χ2v) is 5.70. The number of aryl methyl sites for hydroxylation is 1. The fourth-order valence-electron chi connectivity index (χ4n) is 2.63. The number of hydrogen-bond acceptors (Lipinski definition) is 2. The van der Waals surface area contributed by atoms with Crippen molar-refractivity contribution in [1.29, 1.82) is 0 Å². The summed E-state index contributed by atoms with van der Waals surface area (Å²) in [5, 5.41) is 0. The summed E-state index contributed by atoms with van der Waals surface area (Å²) in [6.07, 6.45) is 4.63. The molecule has 3 nitrogen and oxygen atoms in total. The first-order valence-corrected chi connectivity index (χ1v) is 7.58. The highest BCUT2D eigenvalue weighted by Gasteiger charge is 2.13. The van der Waals surface area contributed by atoms with E-state index in [1.165, 1.54) is 16.7 Å². The molecule has 0 bridgehead atoms. The molecule has 1 heterocycles. The number of imidazole rings is 1. The Kier molecular flexibility index (Phi) is 4.35. The van der Waals surface area contributed by atoms with Gasteiger partial charge in [-0.25, -0.2) is 4.98 Å². The highest BCUT2D eigenvalue weighted by molar-refractivity contribution is 5.22. The Balaban J connectivity index is 1.75. The minimum absolute atomic E-state index is 0.0946. The van der Waals surface area contributed by atoms with Crippen molar-refractivity contribution in [1.82, 2.24) is 9.55 Å². The zero-order valence-electron chi connectivity index (χ0n) is 12.8. The van der Waals surface area contributed by atoms with Crippen LogP contribution in [0.25, 0.3) is 0 Å². The molecule has 0 aliphatic heterocycles. The van der Waals surface area contributed by atoms with E-state index in [-0.39, 0.29) is 6.04 Å². The van der Waals surface area contributed by atoms with E-state index in [0.29, 0.717) is 0 Å². The maximum atomic E-state index is 6.37. The van der Waals surface area contributed by atoms with Gasteiger partial charge in [0.05, 0.1) is 6.04 Å². The SMILES string of the molecule is Cc1ccc(Cn2ccnc2[C@@H](N)Cc2ccccc2)cc1. The number of nitrogens with two attached hydrogens (primary N) is 1. The molecule has 0 aliphatic rings. The number of aromatic nitrogens is 2.